The minimum atomic E-state index is 0.0698. The van der Waals surface area contributed by atoms with Crippen molar-refractivity contribution in [3.8, 4) is 0 Å². The van der Waals surface area contributed by atoms with E-state index in [2.05, 4.69) is 25.1 Å². The zero-order valence-corrected chi connectivity index (χ0v) is 15.2. The van der Waals surface area contributed by atoms with Gasteiger partial charge in [0.2, 0.25) is 0 Å². The van der Waals surface area contributed by atoms with E-state index in [1.807, 2.05) is 17.0 Å². The van der Waals surface area contributed by atoms with Crippen molar-refractivity contribution in [2.45, 2.75) is 58.0 Å². The summed E-state index contributed by atoms with van der Waals surface area (Å²) in [6.07, 6.45) is 9.68. The molecule has 26 heavy (non-hydrogen) atoms. The molecule has 0 spiro atoms. The van der Waals surface area contributed by atoms with Crippen molar-refractivity contribution in [2.24, 2.45) is 0 Å². The molecule has 0 unspecified atom stereocenters. The van der Waals surface area contributed by atoms with Crippen LogP contribution >= 0.6 is 0 Å². The van der Waals surface area contributed by atoms with Crippen LogP contribution < -0.4 is 5.32 Å². The number of nitrogens with zero attached hydrogens (tertiary/aromatic N) is 5. The highest BCUT2D eigenvalue weighted by Gasteiger charge is 2.22. The molecule has 2 aliphatic rings. The van der Waals surface area contributed by atoms with E-state index in [4.69, 9.17) is 0 Å². The van der Waals surface area contributed by atoms with Crippen molar-refractivity contribution in [3.05, 3.63) is 35.5 Å². The first-order valence-electron chi connectivity index (χ1n) is 9.72. The number of carbonyl (C=O) groups excluding carboxylic acids is 1. The number of aromatic nitrogens is 4. The predicted octanol–water partition coefficient (Wildman–Crippen LogP) is 2.64. The average Bonchev–Trinajstić information content (AvgIpc) is 2.93. The van der Waals surface area contributed by atoms with Gasteiger partial charge in [0.25, 0.3) is 5.91 Å². The van der Waals surface area contributed by atoms with Gasteiger partial charge in [-0.3, -0.25) is 4.79 Å². The van der Waals surface area contributed by atoms with E-state index >= 15 is 0 Å². The summed E-state index contributed by atoms with van der Waals surface area (Å²) >= 11 is 0. The SMILES string of the molecule is O=C(c1cccnc1NCc1nnc2n1CCCCC2)N1CCCCC1. The lowest BCUT2D eigenvalue weighted by Crippen LogP contribution is -2.36. The quantitative estimate of drug-likeness (QED) is 0.913. The van der Waals surface area contributed by atoms with Gasteiger partial charge in [0.05, 0.1) is 12.1 Å². The highest BCUT2D eigenvalue weighted by Crippen LogP contribution is 2.19. The highest BCUT2D eigenvalue weighted by atomic mass is 16.2. The Kier molecular flexibility index (Phi) is 5.13. The fraction of sp³-hybridized carbons (Fsp3) is 0.579. The average molecular weight is 354 g/mol. The summed E-state index contributed by atoms with van der Waals surface area (Å²) in [4.78, 5) is 19.2. The molecule has 0 bridgehead atoms. The number of carbonyl (C=O) groups is 1. The summed E-state index contributed by atoms with van der Waals surface area (Å²) in [5.74, 6) is 2.70. The minimum Gasteiger partial charge on any atom is -0.362 e. The van der Waals surface area contributed by atoms with Crippen LogP contribution in [-0.4, -0.2) is 43.6 Å². The molecule has 0 saturated carbocycles. The Morgan fingerprint density at radius 1 is 1.04 bits per heavy atom. The molecule has 0 atom stereocenters. The lowest BCUT2D eigenvalue weighted by Gasteiger charge is -2.27. The Labute approximate surface area is 153 Å². The molecule has 7 heteroatoms. The first-order chi connectivity index (χ1) is 12.8. The number of fused-ring (bicyclic) bond motifs is 1. The summed E-state index contributed by atoms with van der Waals surface area (Å²) in [7, 11) is 0. The fourth-order valence-electron chi connectivity index (χ4n) is 3.82. The van der Waals surface area contributed by atoms with Crippen LogP contribution in [0.1, 0.15) is 60.5 Å². The third kappa shape index (κ3) is 3.57. The van der Waals surface area contributed by atoms with Gasteiger partial charge in [-0.15, -0.1) is 10.2 Å². The molecular formula is C19H26N6O. The zero-order valence-electron chi connectivity index (χ0n) is 15.2. The van der Waals surface area contributed by atoms with E-state index < -0.39 is 0 Å². The molecule has 0 radical (unpaired) electrons. The molecule has 1 amide bonds. The number of piperidine rings is 1. The third-order valence-corrected chi connectivity index (χ3v) is 5.28. The van der Waals surface area contributed by atoms with Crippen LogP contribution in [-0.2, 0) is 19.5 Å². The van der Waals surface area contributed by atoms with Crippen LogP contribution in [0.15, 0.2) is 18.3 Å². The van der Waals surface area contributed by atoms with Crippen LogP contribution in [0, 0.1) is 0 Å². The van der Waals surface area contributed by atoms with Crippen molar-refractivity contribution in [1.82, 2.24) is 24.6 Å². The van der Waals surface area contributed by atoms with Crippen LogP contribution in [0.3, 0.4) is 0 Å². The van der Waals surface area contributed by atoms with E-state index in [0.717, 1.165) is 50.5 Å². The van der Waals surface area contributed by atoms with Gasteiger partial charge < -0.3 is 14.8 Å². The van der Waals surface area contributed by atoms with Crippen LogP contribution in [0.2, 0.25) is 0 Å². The van der Waals surface area contributed by atoms with Crippen molar-refractivity contribution in [1.29, 1.82) is 0 Å². The number of rotatable bonds is 4. The molecule has 1 N–H and O–H groups in total. The second-order valence-electron chi connectivity index (χ2n) is 7.10. The molecule has 0 aliphatic carbocycles. The van der Waals surface area contributed by atoms with Crippen LogP contribution in [0.5, 0.6) is 0 Å². The number of hydrogen-bond acceptors (Lipinski definition) is 5. The van der Waals surface area contributed by atoms with Gasteiger partial charge >= 0.3 is 0 Å². The Hall–Kier alpha value is -2.44. The number of pyridine rings is 1. The number of amides is 1. The van der Waals surface area contributed by atoms with Gasteiger partial charge in [-0.25, -0.2) is 4.98 Å². The molecule has 0 aromatic carbocycles. The van der Waals surface area contributed by atoms with Gasteiger partial charge in [-0.2, -0.15) is 0 Å². The smallest absolute Gasteiger partial charge is 0.257 e. The first kappa shape index (κ1) is 17.0. The number of hydrogen-bond donors (Lipinski definition) is 1. The molecule has 4 heterocycles. The Balaban J connectivity index is 1.49. The summed E-state index contributed by atoms with van der Waals surface area (Å²) in [5, 5.41) is 12.0. The molecule has 4 rings (SSSR count). The number of nitrogens with one attached hydrogen (secondary N) is 1. The van der Waals surface area contributed by atoms with Crippen molar-refractivity contribution in [2.75, 3.05) is 18.4 Å². The normalized spacial score (nSPS) is 17.5. The van der Waals surface area contributed by atoms with Crippen LogP contribution in [0.25, 0.3) is 0 Å². The van der Waals surface area contributed by atoms with Crippen molar-refractivity contribution >= 4 is 11.7 Å². The lowest BCUT2D eigenvalue weighted by atomic mass is 10.1. The van der Waals surface area contributed by atoms with Gasteiger partial charge in [0.1, 0.15) is 11.6 Å². The van der Waals surface area contributed by atoms with Gasteiger partial charge in [-0.05, 0) is 44.2 Å². The topological polar surface area (TPSA) is 75.9 Å². The van der Waals surface area contributed by atoms with Gasteiger partial charge in [0.15, 0.2) is 5.82 Å². The molecular weight excluding hydrogens is 328 g/mol. The molecule has 1 saturated heterocycles. The summed E-state index contributed by atoms with van der Waals surface area (Å²) in [5.41, 5.74) is 0.644. The summed E-state index contributed by atoms with van der Waals surface area (Å²) in [6, 6.07) is 3.68. The summed E-state index contributed by atoms with van der Waals surface area (Å²) in [6.45, 7) is 3.18. The number of likely N-dealkylation sites (tertiary alicyclic amines) is 1. The highest BCUT2D eigenvalue weighted by molar-refractivity contribution is 5.98. The Bertz CT molecular complexity index is 765. The van der Waals surface area contributed by atoms with E-state index in [1.165, 1.54) is 25.7 Å². The Morgan fingerprint density at radius 3 is 2.73 bits per heavy atom. The van der Waals surface area contributed by atoms with Crippen LogP contribution in [0.4, 0.5) is 5.82 Å². The van der Waals surface area contributed by atoms with E-state index in [0.29, 0.717) is 17.9 Å². The van der Waals surface area contributed by atoms with Gasteiger partial charge in [-0.1, -0.05) is 6.42 Å². The lowest BCUT2D eigenvalue weighted by molar-refractivity contribution is 0.0725. The second kappa shape index (κ2) is 7.85. The monoisotopic (exact) mass is 354 g/mol. The second-order valence-corrected chi connectivity index (χ2v) is 7.10. The minimum absolute atomic E-state index is 0.0698. The molecule has 2 aliphatic heterocycles. The standard InChI is InChI=1S/C19H26N6O/c26-19(24-11-4-2-5-12-24)15-8-7-10-20-18(15)21-14-17-23-22-16-9-3-1-6-13-25(16)17/h7-8,10H,1-6,9,11-14H2,(H,20,21). The number of aryl methyl sites for hydroxylation is 1. The largest absolute Gasteiger partial charge is 0.362 e. The fourth-order valence-corrected chi connectivity index (χ4v) is 3.82. The van der Waals surface area contributed by atoms with Crippen molar-refractivity contribution < 1.29 is 4.79 Å². The molecule has 2 aromatic rings. The first-order valence-corrected chi connectivity index (χ1v) is 9.72. The molecule has 1 fully saturated rings. The Morgan fingerprint density at radius 2 is 1.85 bits per heavy atom. The van der Waals surface area contributed by atoms with E-state index in [9.17, 15) is 4.79 Å². The maximum Gasteiger partial charge on any atom is 0.257 e. The zero-order chi connectivity index (χ0) is 17.8. The van der Waals surface area contributed by atoms with E-state index in [-0.39, 0.29) is 5.91 Å². The summed E-state index contributed by atoms with van der Waals surface area (Å²) < 4.78 is 2.22. The molecule has 7 nitrogen and oxygen atoms in total. The van der Waals surface area contributed by atoms with E-state index in [1.54, 1.807) is 6.20 Å². The third-order valence-electron chi connectivity index (χ3n) is 5.28. The molecule has 138 valence electrons. The van der Waals surface area contributed by atoms with Crippen molar-refractivity contribution in [3.63, 3.8) is 0 Å². The maximum atomic E-state index is 12.9. The predicted molar refractivity (Wildman–Crippen MR) is 98.9 cm³/mol. The number of anilines is 1. The van der Waals surface area contributed by atoms with Gasteiger partial charge in [0, 0.05) is 32.3 Å². The molecule has 2 aromatic heterocycles. The maximum absolute atomic E-state index is 12.9.